The Hall–Kier alpha value is -1.94. The second-order valence-electron chi connectivity index (χ2n) is 4.99. The Kier molecular flexibility index (Phi) is 5.07. The van der Waals surface area contributed by atoms with E-state index in [9.17, 15) is 0 Å². The normalized spacial score (nSPS) is 12.4. The zero-order valence-corrected chi connectivity index (χ0v) is 12.2. The minimum atomic E-state index is 0.149. The molecule has 0 saturated carbocycles. The Morgan fingerprint density at radius 2 is 2.10 bits per heavy atom. The fraction of sp³-hybridized carbons (Fsp3) is 0.375. The third kappa shape index (κ3) is 4.03. The molecule has 0 amide bonds. The molecule has 1 atom stereocenters. The van der Waals surface area contributed by atoms with E-state index in [1.165, 1.54) is 0 Å². The highest BCUT2D eigenvalue weighted by Crippen LogP contribution is 2.21. The molecule has 0 bridgehead atoms. The average molecular weight is 271 g/mol. The molecule has 2 aromatic rings. The summed E-state index contributed by atoms with van der Waals surface area (Å²) in [5.74, 6) is 0.804. The number of rotatable bonds is 6. The lowest BCUT2D eigenvalue weighted by molar-refractivity contribution is 0.241. The molecule has 106 valence electrons. The second kappa shape index (κ2) is 7.01. The molecule has 0 aliphatic rings. The van der Waals surface area contributed by atoms with Crippen molar-refractivity contribution in [2.24, 2.45) is 0 Å². The molecule has 0 fully saturated rings. The third-order valence-corrected chi connectivity index (χ3v) is 3.00. The van der Waals surface area contributed by atoms with Crippen LogP contribution in [0.5, 0.6) is 5.75 Å². The van der Waals surface area contributed by atoms with Gasteiger partial charge in [0.25, 0.3) is 0 Å². The van der Waals surface area contributed by atoms with Gasteiger partial charge in [-0.1, -0.05) is 6.07 Å². The Balaban J connectivity index is 2.15. The molecule has 1 N–H and O–H groups in total. The number of hydrogen-bond acceptors (Lipinski definition) is 4. The topological polar surface area (TPSA) is 47.0 Å². The van der Waals surface area contributed by atoms with Gasteiger partial charge in [-0.05, 0) is 44.7 Å². The molecule has 4 nitrogen and oxygen atoms in total. The molecule has 4 heteroatoms. The number of nitrogens with zero attached hydrogens (tertiary/aromatic N) is 2. The molecule has 0 aliphatic carbocycles. The first-order valence-corrected chi connectivity index (χ1v) is 6.88. The van der Waals surface area contributed by atoms with Gasteiger partial charge in [0, 0.05) is 30.6 Å². The predicted octanol–water partition coefficient (Wildman–Crippen LogP) is 2.77. The number of nitrogens with one attached hydrogen (secondary N) is 1. The number of hydrogen-bond donors (Lipinski definition) is 1. The van der Waals surface area contributed by atoms with Crippen LogP contribution < -0.4 is 10.1 Å². The van der Waals surface area contributed by atoms with Crippen molar-refractivity contribution < 1.29 is 4.74 Å². The maximum Gasteiger partial charge on any atom is 0.138 e. The molecule has 2 heterocycles. The van der Waals surface area contributed by atoms with Crippen LogP contribution in [0.2, 0.25) is 0 Å². The van der Waals surface area contributed by atoms with Gasteiger partial charge in [-0.15, -0.1) is 0 Å². The Labute approximate surface area is 120 Å². The van der Waals surface area contributed by atoms with Crippen molar-refractivity contribution in [1.29, 1.82) is 0 Å². The monoisotopic (exact) mass is 271 g/mol. The molecule has 0 radical (unpaired) electrons. The first-order chi connectivity index (χ1) is 9.69. The van der Waals surface area contributed by atoms with Gasteiger partial charge in [0.15, 0.2) is 0 Å². The molecular formula is C16H21N3O. The summed E-state index contributed by atoms with van der Waals surface area (Å²) in [7, 11) is 1.95. The summed E-state index contributed by atoms with van der Waals surface area (Å²) in [5, 5.41) is 3.31. The highest BCUT2D eigenvalue weighted by molar-refractivity contribution is 5.27. The second-order valence-corrected chi connectivity index (χ2v) is 4.99. The quantitative estimate of drug-likeness (QED) is 0.877. The Bertz CT molecular complexity index is 528. The van der Waals surface area contributed by atoms with Crippen molar-refractivity contribution in [3.8, 4) is 5.75 Å². The highest BCUT2D eigenvalue weighted by atomic mass is 16.5. The molecule has 1 unspecified atom stereocenters. The van der Waals surface area contributed by atoms with E-state index in [0.717, 1.165) is 23.4 Å². The molecule has 0 aromatic carbocycles. The summed E-state index contributed by atoms with van der Waals surface area (Å²) in [6.45, 7) is 4.02. The van der Waals surface area contributed by atoms with Crippen LogP contribution in [0.15, 0.2) is 42.9 Å². The van der Waals surface area contributed by atoms with E-state index in [1.807, 2.05) is 57.6 Å². The van der Waals surface area contributed by atoms with E-state index in [1.54, 1.807) is 6.20 Å². The van der Waals surface area contributed by atoms with Gasteiger partial charge < -0.3 is 10.1 Å². The van der Waals surface area contributed by atoms with Crippen molar-refractivity contribution >= 4 is 0 Å². The number of pyridine rings is 2. The fourth-order valence-corrected chi connectivity index (χ4v) is 2.08. The van der Waals surface area contributed by atoms with Crippen molar-refractivity contribution in [2.75, 3.05) is 7.05 Å². The van der Waals surface area contributed by atoms with E-state index >= 15 is 0 Å². The lowest BCUT2D eigenvalue weighted by atomic mass is 10.0. The van der Waals surface area contributed by atoms with Gasteiger partial charge >= 0.3 is 0 Å². The largest absolute Gasteiger partial charge is 0.489 e. The van der Waals surface area contributed by atoms with Gasteiger partial charge in [-0.2, -0.15) is 0 Å². The zero-order chi connectivity index (χ0) is 14.4. The summed E-state index contributed by atoms with van der Waals surface area (Å²) in [6, 6.07) is 8.18. The Morgan fingerprint density at radius 3 is 2.75 bits per heavy atom. The number of ether oxygens (including phenoxy) is 1. The Morgan fingerprint density at radius 1 is 1.25 bits per heavy atom. The van der Waals surface area contributed by atoms with Crippen LogP contribution in [0.4, 0.5) is 0 Å². The first kappa shape index (κ1) is 14.5. The van der Waals surface area contributed by atoms with Crippen molar-refractivity contribution in [1.82, 2.24) is 15.3 Å². The molecular weight excluding hydrogens is 250 g/mol. The minimum absolute atomic E-state index is 0.149. The first-order valence-electron chi connectivity index (χ1n) is 6.88. The summed E-state index contributed by atoms with van der Waals surface area (Å²) >= 11 is 0. The average Bonchev–Trinajstić information content (AvgIpc) is 2.45. The molecule has 2 aromatic heterocycles. The van der Waals surface area contributed by atoms with Gasteiger partial charge in [0.1, 0.15) is 5.75 Å². The standard InChI is InChI=1S/C16H21N3O/c1-12(2)20-15-8-13(10-18-11-15)16(17-3)9-14-6-4-5-7-19-14/h4-8,10-12,16-17H,9H2,1-3H3. The highest BCUT2D eigenvalue weighted by Gasteiger charge is 2.12. The smallest absolute Gasteiger partial charge is 0.138 e. The summed E-state index contributed by atoms with van der Waals surface area (Å²) in [6.07, 6.45) is 6.41. The van der Waals surface area contributed by atoms with Crippen LogP contribution in [0.3, 0.4) is 0 Å². The van der Waals surface area contributed by atoms with Crippen molar-refractivity contribution in [2.45, 2.75) is 32.4 Å². The minimum Gasteiger partial charge on any atom is -0.489 e. The van der Waals surface area contributed by atoms with E-state index in [4.69, 9.17) is 4.74 Å². The van der Waals surface area contributed by atoms with Crippen LogP contribution in [-0.2, 0) is 6.42 Å². The van der Waals surface area contributed by atoms with Crippen LogP contribution >= 0.6 is 0 Å². The van der Waals surface area contributed by atoms with E-state index < -0.39 is 0 Å². The zero-order valence-electron chi connectivity index (χ0n) is 12.2. The van der Waals surface area contributed by atoms with E-state index in [0.29, 0.717) is 0 Å². The van der Waals surface area contributed by atoms with Crippen LogP contribution in [0.25, 0.3) is 0 Å². The number of aromatic nitrogens is 2. The van der Waals surface area contributed by atoms with Crippen LogP contribution in [0.1, 0.15) is 31.1 Å². The van der Waals surface area contributed by atoms with Gasteiger partial charge in [0.2, 0.25) is 0 Å². The SMILES string of the molecule is CNC(Cc1ccccn1)c1cncc(OC(C)C)c1. The lowest BCUT2D eigenvalue weighted by Gasteiger charge is -2.17. The predicted molar refractivity (Wildman–Crippen MR) is 79.7 cm³/mol. The summed E-state index contributed by atoms with van der Waals surface area (Å²) < 4.78 is 5.69. The van der Waals surface area contributed by atoms with Crippen LogP contribution in [0, 0.1) is 0 Å². The lowest BCUT2D eigenvalue weighted by Crippen LogP contribution is -2.19. The number of likely N-dealkylation sites (N-methyl/N-ethyl adjacent to an activating group) is 1. The van der Waals surface area contributed by atoms with Crippen molar-refractivity contribution in [3.05, 3.63) is 54.1 Å². The van der Waals surface area contributed by atoms with E-state index in [2.05, 4.69) is 15.3 Å². The molecule has 0 aliphatic heterocycles. The van der Waals surface area contributed by atoms with E-state index in [-0.39, 0.29) is 12.1 Å². The maximum absolute atomic E-state index is 5.69. The molecule has 0 saturated heterocycles. The third-order valence-electron chi connectivity index (χ3n) is 3.00. The van der Waals surface area contributed by atoms with Crippen LogP contribution in [-0.4, -0.2) is 23.1 Å². The van der Waals surface area contributed by atoms with Gasteiger partial charge in [0.05, 0.1) is 12.3 Å². The summed E-state index contributed by atoms with van der Waals surface area (Å²) in [4.78, 5) is 8.63. The summed E-state index contributed by atoms with van der Waals surface area (Å²) in [5.41, 5.74) is 2.17. The molecule has 2 rings (SSSR count). The van der Waals surface area contributed by atoms with Gasteiger partial charge in [-0.25, -0.2) is 0 Å². The fourth-order valence-electron chi connectivity index (χ4n) is 2.08. The van der Waals surface area contributed by atoms with Gasteiger partial charge in [-0.3, -0.25) is 9.97 Å². The molecule has 0 spiro atoms. The molecule has 20 heavy (non-hydrogen) atoms. The van der Waals surface area contributed by atoms with Crippen molar-refractivity contribution in [3.63, 3.8) is 0 Å². The maximum atomic E-state index is 5.69.